The molecule has 0 saturated heterocycles. The fourth-order valence-electron chi connectivity index (χ4n) is 2.48. The second-order valence-electron chi connectivity index (χ2n) is 5.91. The highest BCUT2D eigenvalue weighted by atomic mass is 32.2. The van der Waals surface area contributed by atoms with Gasteiger partial charge in [-0.05, 0) is 53.2 Å². The van der Waals surface area contributed by atoms with E-state index in [1.165, 1.54) is 6.92 Å². The van der Waals surface area contributed by atoms with E-state index in [0.717, 1.165) is 16.8 Å². The van der Waals surface area contributed by atoms with Gasteiger partial charge in [-0.1, -0.05) is 0 Å². The average Bonchev–Trinajstić information content (AvgIpc) is 2.67. The van der Waals surface area contributed by atoms with Crippen molar-refractivity contribution in [1.29, 1.82) is 4.78 Å². The van der Waals surface area contributed by atoms with Gasteiger partial charge in [0, 0.05) is 40.2 Å². The number of aliphatic hydroxyl groups excluding tert-OH is 1. The van der Waals surface area contributed by atoms with E-state index in [0.29, 0.717) is 16.3 Å². The Bertz CT molecular complexity index is 1040. The zero-order valence-electron chi connectivity index (χ0n) is 14.9. The highest BCUT2D eigenvalue weighted by molar-refractivity contribution is 7.95. The third-order valence-electron chi connectivity index (χ3n) is 3.79. The number of anilines is 2. The highest BCUT2D eigenvalue weighted by Crippen LogP contribution is 2.29. The van der Waals surface area contributed by atoms with Crippen molar-refractivity contribution in [2.45, 2.75) is 17.9 Å². The number of hydrogen-bond acceptors (Lipinski definition) is 7. The van der Waals surface area contributed by atoms with Gasteiger partial charge in [0.2, 0.25) is 5.88 Å². The quantitative estimate of drug-likeness (QED) is 0.571. The van der Waals surface area contributed by atoms with Crippen molar-refractivity contribution in [1.82, 2.24) is 9.97 Å². The SMILES string of the molecule is COc1nccc2c(Nc3ccc(S(=N)(=O)[N-]C[C@@H](C)O)cc3)ccnc12. The minimum Gasteiger partial charge on any atom is -0.561 e. The van der Waals surface area contributed by atoms with Crippen LogP contribution in [0.5, 0.6) is 5.88 Å². The normalized spacial score (nSPS) is 14.5. The van der Waals surface area contributed by atoms with E-state index in [2.05, 4.69) is 20.0 Å². The largest absolute Gasteiger partial charge is 0.561 e. The number of methoxy groups -OCH3 is 1. The van der Waals surface area contributed by atoms with E-state index in [-0.39, 0.29) is 6.54 Å². The summed E-state index contributed by atoms with van der Waals surface area (Å²) in [6, 6.07) is 10.3. The fourth-order valence-corrected chi connectivity index (χ4v) is 3.56. The second-order valence-corrected chi connectivity index (χ2v) is 7.69. The summed E-state index contributed by atoms with van der Waals surface area (Å²) in [5, 5.41) is 13.4. The van der Waals surface area contributed by atoms with E-state index in [9.17, 15) is 9.32 Å². The zero-order chi connectivity index (χ0) is 19.4. The maximum Gasteiger partial charge on any atom is 0.240 e. The molecule has 3 aromatic rings. The Hall–Kier alpha value is -2.75. The molecule has 0 aliphatic carbocycles. The predicted molar refractivity (Wildman–Crippen MR) is 105 cm³/mol. The monoisotopic (exact) mass is 386 g/mol. The summed E-state index contributed by atoms with van der Waals surface area (Å²) in [6.45, 7) is 1.50. The molecule has 9 heteroatoms. The summed E-state index contributed by atoms with van der Waals surface area (Å²) < 4.78 is 29.3. The first-order chi connectivity index (χ1) is 12.9. The molecule has 3 rings (SSSR count). The molecule has 2 heterocycles. The molecule has 0 bridgehead atoms. The predicted octanol–water partition coefficient (Wildman–Crippen LogP) is 3.46. The van der Waals surface area contributed by atoms with Gasteiger partial charge >= 0.3 is 0 Å². The zero-order valence-corrected chi connectivity index (χ0v) is 15.7. The van der Waals surface area contributed by atoms with Crippen LogP contribution < -0.4 is 10.1 Å². The van der Waals surface area contributed by atoms with Gasteiger partial charge in [0.25, 0.3) is 0 Å². The molecular weight excluding hydrogens is 366 g/mol. The second kappa shape index (κ2) is 7.87. The van der Waals surface area contributed by atoms with Gasteiger partial charge in [-0.3, -0.25) is 14.0 Å². The molecular formula is C18H20N5O3S-. The van der Waals surface area contributed by atoms with Crippen LogP contribution in [0.1, 0.15) is 6.92 Å². The first kappa shape index (κ1) is 19.0. The van der Waals surface area contributed by atoms with E-state index >= 15 is 0 Å². The first-order valence-corrected chi connectivity index (χ1v) is 9.72. The number of fused-ring (bicyclic) bond motifs is 1. The smallest absolute Gasteiger partial charge is 0.240 e. The Morgan fingerprint density at radius 1 is 1.22 bits per heavy atom. The lowest BCUT2D eigenvalue weighted by Gasteiger charge is -2.24. The Balaban J connectivity index is 1.84. The topological polar surface area (TPSA) is 122 Å². The molecule has 2 aromatic heterocycles. The maximum absolute atomic E-state index is 12.3. The van der Waals surface area contributed by atoms with Crippen molar-refractivity contribution in [2.24, 2.45) is 0 Å². The number of hydrogen-bond donors (Lipinski definition) is 3. The lowest BCUT2D eigenvalue weighted by Crippen LogP contribution is -2.09. The maximum atomic E-state index is 12.3. The van der Waals surface area contributed by atoms with Gasteiger partial charge in [0.15, 0.2) is 0 Å². The van der Waals surface area contributed by atoms with Crippen LogP contribution in [0.4, 0.5) is 11.4 Å². The van der Waals surface area contributed by atoms with Crippen LogP contribution >= 0.6 is 0 Å². The fraction of sp³-hybridized carbons (Fsp3) is 0.222. The van der Waals surface area contributed by atoms with Crippen LogP contribution in [0, 0.1) is 4.78 Å². The molecule has 2 atom stereocenters. The summed E-state index contributed by atoms with van der Waals surface area (Å²) in [5.74, 6) is 0.445. The summed E-state index contributed by atoms with van der Waals surface area (Å²) in [4.78, 5) is 8.75. The standard InChI is InChI=1S/C18H20N5O3S/c1-12(24)11-22-27(19,25)14-5-3-13(4-6-14)23-16-8-10-20-17-15(16)7-9-21-18(17)26-2/h3-10,12,24H,11H2,1-2H3,(H2-,19,20,22,23,25)/q-1/t12-,27?/m1/s1. The average molecular weight is 386 g/mol. The minimum atomic E-state index is -3.29. The van der Waals surface area contributed by atoms with Crippen molar-refractivity contribution in [3.05, 3.63) is 53.5 Å². The molecule has 0 amide bonds. The summed E-state index contributed by atoms with van der Waals surface area (Å²) in [5.41, 5.74) is 2.22. The molecule has 0 saturated carbocycles. The summed E-state index contributed by atoms with van der Waals surface area (Å²) in [7, 11) is -1.74. The summed E-state index contributed by atoms with van der Waals surface area (Å²) >= 11 is 0. The van der Waals surface area contributed by atoms with Crippen molar-refractivity contribution in [2.75, 3.05) is 19.0 Å². The molecule has 0 spiro atoms. The molecule has 0 aliphatic rings. The first-order valence-electron chi connectivity index (χ1n) is 8.21. The van der Waals surface area contributed by atoms with Crippen molar-refractivity contribution >= 4 is 32.2 Å². The summed E-state index contributed by atoms with van der Waals surface area (Å²) in [6.07, 6.45) is 2.58. The Kier molecular flexibility index (Phi) is 5.54. The van der Waals surface area contributed by atoms with Crippen molar-refractivity contribution in [3.63, 3.8) is 0 Å². The number of nitrogens with zero attached hydrogens (tertiary/aromatic N) is 3. The number of rotatable bonds is 7. The Morgan fingerprint density at radius 2 is 1.93 bits per heavy atom. The van der Waals surface area contributed by atoms with Crippen LogP contribution in [-0.4, -0.2) is 39.0 Å². The van der Waals surface area contributed by atoms with Gasteiger partial charge < -0.3 is 19.9 Å². The van der Waals surface area contributed by atoms with Gasteiger partial charge in [-0.2, -0.15) is 0 Å². The molecule has 0 radical (unpaired) electrons. The number of aliphatic hydroxyl groups is 1. The molecule has 3 N–H and O–H groups in total. The molecule has 8 nitrogen and oxygen atoms in total. The van der Waals surface area contributed by atoms with Crippen LogP contribution in [-0.2, 0) is 9.92 Å². The van der Waals surface area contributed by atoms with E-state index in [4.69, 9.17) is 9.52 Å². The Morgan fingerprint density at radius 3 is 2.59 bits per heavy atom. The molecule has 0 fully saturated rings. The van der Waals surface area contributed by atoms with Crippen LogP contribution in [0.25, 0.3) is 15.6 Å². The molecule has 27 heavy (non-hydrogen) atoms. The third-order valence-corrected chi connectivity index (χ3v) is 5.22. The lowest BCUT2D eigenvalue weighted by atomic mass is 10.2. The third kappa shape index (κ3) is 4.33. The number of ether oxygens (including phenoxy) is 1. The Labute approximate surface area is 157 Å². The number of nitrogens with one attached hydrogen (secondary N) is 2. The van der Waals surface area contributed by atoms with Crippen molar-refractivity contribution in [3.8, 4) is 5.88 Å². The van der Waals surface area contributed by atoms with E-state index in [1.54, 1.807) is 43.8 Å². The molecule has 0 aliphatic heterocycles. The number of pyridine rings is 2. The van der Waals surface area contributed by atoms with Gasteiger partial charge in [0.05, 0.1) is 7.11 Å². The molecule has 142 valence electrons. The van der Waals surface area contributed by atoms with Gasteiger partial charge in [-0.25, -0.2) is 4.98 Å². The van der Waals surface area contributed by atoms with Gasteiger partial charge in [0.1, 0.15) is 5.52 Å². The van der Waals surface area contributed by atoms with Crippen LogP contribution in [0.2, 0.25) is 0 Å². The van der Waals surface area contributed by atoms with E-state index in [1.807, 2.05) is 12.1 Å². The van der Waals surface area contributed by atoms with Crippen LogP contribution in [0.3, 0.4) is 0 Å². The number of benzene rings is 1. The lowest BCUT2D eigenvalue weighted by molar-refractivity contribution is 0.211. The highest BCUT2D eigenvalue weighted by Gasteiger charge is 2.08. The molecule has 1 unspecified atom stereocenters. The number of aromatic nitrogens is 2. The minimum absolute atomic E-state index is 0.0405. The molecule has 1 aromatic carbocycles. The van der Waals surface area contributed by atoms with Crippen LogP contribution in [0.15, 0.2) is 53.7 Å². The van der Waals surface area contributed by atoms with E-state index < -0.39 is 16.0 Å². The van der Waals surface area contributed by atoms with Crippen molar-refractivity contribution < 1.29 is 14.1 Å². The van der Waals surface area contributed by atoms with Gasteiger partial charge in [-0.15, -0.1) is 6.54 Å².